The van der Waals surface area contributed by atoms with Crippen LogP contribution in [0.4, 0.5) is 0 Å². The van der Waals surface area contributed by atoms with Gasteiger partial charge in [0.2, 0.25) is 0 Å². The Morgan fingerprint density at radius 1 is 1.00 bits per heavy atom. The Hall–Kier alpha value is -0.563. The van der Waals surface area contributed by atoms with Gasteiger partial charge in [-0.1, -0.05) is 54.2 Å². The molecule has 0 aliphatic rings. The summed E-state index contributed by atoms with van der Waals surface area (Å²) in [5.74, 6) is 0. The molecule has 0 aliphatic heterocycles. The van der Waals surface area contributed by atoms with Crippen molar-refractivity contribution in [3.05, 3.63) is 29.3 Å². The lowest BCUT2D eigenvalue weighted by atomic mass is 10.2. The Morgan fingerprint density at radius 2 is 1.58 bits per heavy atom. The maximum Gasteiger partial charge on any atom is 0.0779 e. The van der Waals surface area contributed by atoms with E-state index in [2.05, 4.69) is 51.7 Å². The van der Waals surface area contributed by atoms with Gasteiger partial charge in [-0.2, -0.15) is 0 Å². The van der Waals surface area contributed by atoms with Crippen molar-refractivity contribution in [3.63, 3.8) is 0 Å². The van der Waals surface area contributed by atoms with Crippen molar-refractivity contribution in [1.82, 2.24) is 0 Å². The van der Waals surface area contributed by atoms with Crippen LogP contribution >= 0.6 is 0 Å². The fourth-order valence-corrected chi connectivity index (χ4v) is 3.47. The summed E-state index contributed by atoms with van der Waals surface area (Å²) in [7, 11) is -1.11. The van der Waals surface area contributed by atoms with E-state index >= 15 is 0 Å². The first-order valence-electron chi connectivity index (χ1n) is 4.49. The number of hydrogen-bond donors (Lipinski definition) is 0. The van der Waals surface area contributed by atoms with Gasteiger partial charge in [0, 0.05) is 0 Å². The second-order valence-corrected chi connectivity index (χ2v) is 9.61. The molecule has 66 valence electrons. The van der Waals surface area contributed by atoms with Crippen LogP contribution < -0.4 is 5.19 Å². The molecule has 0 bridgehead atoms. The van der Waals surface area contributed by atoms with Crippen molar-refractivity contribution in [1.29, 1.82) is 0 Å². The summed E-state index contributed by atoms with van der Waals surface area (Å²) in [5.41, 5.74) is 2.85. The van der Waals surface area contributed by atoms with Gasteiger partial charge >= 0.3 is 0 Å². The quantitative estimate of drug-likeness (QED) is 0.580. The molecular weight excluding hydrogens is 160 g/mol. The maximum absolute atomic E-state index is 2.40. The Bertz CT molecular complexity index is 282. The minimum absolute atomic E-state index is 1.11. The lowest BCUT2D eigenvalue weighted by Crippen LogP contribution is -2.39. The minimum Gasteiger partial charge on any atom is -0.0656 e. The SMILES string of the molecule is Cc1ccc(C)c([Si](C)(C)C)c1. The zero-order valence-electron chi connectivity index (χ0n) is 8.73. The highest BCUT2D eigenvalue weighted by Crippen LogP contribution is 2.08. The fraction of sp³-hybridized carbons (Fsp3) is 0.455. The van der Waals surface area contributed by atoms with E-state index < -0.39 is 8.07 Å². The largest absolute Gasteiger partial charge is 0.0779 e. The van der Waals surface area contributed by atoms with E-state index in [0.29, 0.717) is 0 Å². The van der Waals surface area contributed by atoms with E-state index in [1.54, 1.807) is 5.19 Å². The molecule has 0 amide bonds. The molecule has 0 heterocycles. The zero-order valence-corrected chi connectivity index (χ0v) is 9.73. The predicted molar refractivity (Wildman–Crippen MR) is 58.9 cm³/mol. The molecule has 0 aliphatic carbocycles. The van der Waals surface area contributed by atoms with Gasteiger partial charge in [0.05, 0.1) is 8.07 Å². The lowest BCUT2D eigenvalue weighted by molar-refractivity contribution is 1.41. The normalized spacial score (nSPS) is 11.8. The number of rotatable bonds is 1. The van der Waals surface area contributed by atoms with Crippen LogP contribution in [0.1, 0.15) is 11.1 Å². The van der Waals surface area contributed by atoms with Gasteiger partial charge in [-0.05, 0) is 13.8 Å². The molecule has 0 spiro atoms. The summed E-state index contributed by atoms with van der Waals surface area (Å²) in [4.78, 5) is 0. The second-order valence-electron chi connectivity index (χ2n) is 4.57. The molecule has 0 radical (unpaired) electrons. The summed E-state index contributed by atoms with van der Waals surface area (Å²) in [6.45, 7) is 11.6. The van der Waals surface area contributed by atoms with Crippen LogP contribution in [0, 0.1) is 13.8 Å². The van der Waals surface area contributed by atoms with E-state index in [1.165, 1.54) is 11.1 Å². The molecule has 1 heteroatoms. The highest BCUT2D eigenvalue weighted by atomic mass is 28.3. The van der Waals surface area contributed by atoms with Crippen molar-refractivity contribution in [2.75, 3.05) is 0 Å². The van der Waals surface area contributed by atoms with Gasteiger partial charge in [0.25, 0.3) is 0 Å². The molecule has 0 saturated carbocycles. The van der Waals surface area contributed by atoms with Crippen molar-refractivity contribution in [3.8, 4) is 0 Å². The van der Waals surface area contributed by atoms with E-state index in [9.17, 15) is 0 Å². The maximum atomic E-state index is 2.40. The number of benzene rings is 1. The van der Waals surface area contributed by atoms with Crippen LogP contribution in [0.5, 0.6) is 0 Å². The summed E-state index contributed by atoms with van der Waals surface area (Å²) in [6.07, 6.45) is 0. The minimum atomic E-state index is -1.11. The smallest absolute Gasteiger partial charge is 0.0656 e. The van der Waals surface area contributed by atoms with Crippen LogP contribution in [0.3, 0.4) is 0 Å². The molecule has 1 aromatic rings. The Kier molecular flexibility index (Phi) is 2.43. The van der Waals surface area contributed by atoms with Crippen molar-refractivity contribution >= 4 is 13.3 Å². The molecule has 12 heavy (non-hydrogen) atoms. The topological polar surface area (TPSA) is 0 Å². The third kappa shape index (κ3) is 1.98. The Balaban J connectivity index is 3.23. The third-order valence-electron chi connectivity index (χ3n) is 2.20. The van der Waals surface area contributed by atoms with Gasteiger partial charge in [-0.15, -0.1) is 0 Å². The molecule has 0 fully saturated rings. The third-order valence-corrected chi connectivity index (χ3v) is 4.36. The summed E-state index contributed by atoms with van der Waals surface area (Å²) in [6, 6.07) is 6.78. The highest BCUT2D eigenvalue weighted by Gasteiger charge is 2.17. The fourth-order valence-electron chi connectivity index (χ4n) is 1.54. The highest BCUT2D eigenvalue weighted by molar-refractivity contribution is 6.89. The Morgan fingerprint density at radius 3 is 2.00 bits per heavy atom. The van der Waals surface area contributed by atoms with Crippen LogP contribution in [0.2, 0.25) is 19.6 Å². The first-order valence-corrected chi connectivity index (χ1v) is 7.99. The van der Waals surface area contributed by atoms with Gasteiger partial charge in [0.15, 0.2) is 0 Å². The number of aryl methyl sites for hydroxylation is 2. The average molecular weight is 178 g/mol. The molecule has 0 saturated heterocycles. The zero-order chi connectivity index (χ0) is 9.35. The van der Waals surface area contributed by atoms with E-state index in [1.807, 2.05) is 0 Å². The number of hydrogen-bond acceptors (Lipinski definition) is 0. The average Bonchev–Trinajstić information content (AvgIpc) is 1.92. The Labute approximate surface area is 76.6 Å². The van der Waals surface area contributed by atoms with Gasteiger partial charge in [0.1, 0.15) is 0 Å². The molecule has 1 aromatic carbocycles. The van der Waals surface area contributed by atoms with Crippen LogP contribution in [0.15, 0.2) is 18.2 Å². The van der Waals surface area contributed by atoms with Crippen LogP contribution in [-0.2, 0) is 0 Å². The predicted octanol–water partition coefficient (Wildman–Crippen LogP) is 2.85. The molecule has 0 nitrogen and oxygen atoms in total. The molecule has 0 N–H and O–H groups in total. The molecule has 0 aromatic heterocycles. The van der Waals surface area contributed by atoms with Crippen molar-refractivity contribution in [2.24, 2.45) is 0 Å². The standard InChI is InChI=1S/C11H18Si/c1-9-6-7-10(2)11(8-9)12(3,4)5/h6-8H,1-5H3. The summed E-state index contributed by atoms with van der Waals surface area (Å²) >= 11 is 0. The van der Waals surface area contributed by atoms with Crippen molar-refractivity contribution in [2.45, 2.75) is 33.5 Å². The first kappa shape index (κ1) is 9.52. The monoisotopic (exact) mass is 178 g/mol. The van der Waals surface area contributed by atoms with Gasteiger partial charge < -0.3 is 0 Å². The summed E-state index contributed by atoms with van der Waals surface area (Å²) < 4.78 is 0. The second kappa shape index (κ2) is 3.06. The molecular formula is C11H18Si. The van der Waals surface area contributed by atoms with E-state index in [-0.39, 0.29) is 0 Å². The van der Waals surface area contributed by atoms with Crippen LogP contribution in [0.25, 0.3) is 0 Å². The summed E-state index contributed by atoms with van der Waals surface area (Å²) in [5, 5.41) is 1.60. The van der Waals surface area contributed by atoms with Gasteiger partial charge in [-0.3, -0.25) is 0 Å². The molecule has 0 unspecified atom stereocenters. The van der Waals surface area contributed by atoms with E-state index in [0.717, 1.165) is 0 Å². The van der Waals surface area contributed by atoms with Crippen molar-refractivity contribution < 1.29 is 0 Å². The van der Waals surface area contributed by atoms with Gasteiger partial charge in [-0.25, -0.2) is 0 Å². The van der Waals surface area contributed by atoms with Crippen LogP contribution in [-0.4, -0.2) is 8.07 Å². The first-order chi connectivity index (χ1) is 5.41. The molecule has 0 atom stereocenters. The molecule has 1 rings (SSSR count). The van der Waals surface area contributed by atoms with E-state index in [4.69, 9.17) is 0 Å². The lowest BCUT2D eigenvalue weighted by Gasteiger charge is -2.19.